The molecule has 5 nitrogen and oxygen atoms in total. The molecule has 3 rings (SSSR count). The average Bonchev–Trinajstić information content (AvgIpc) is 3.22. The summed E-state index contributed by atoms with van der Waals surface area (Å²) in [6.07, 6.45) is 4.18. The number of likely N-dealkylation sites (tertiary alicyclic amines) is 1. The van der Waals surface area contributed by atoms with Gasteiger partial charge < -0.3 is 9.72 Å². The predicted molar refractivity (Wildman–Crippen MR) is 109 cm³/mol. The van der Waals surface area contributed by atoms with Crippen molar-refractivity contribution in [1.29, 1.82) is 0 Å². The zero-order valence-electron chi connectivity index (χ0n) is 15.8. The Labute approximate surface area is 171 Å². The van der Waals surface area contributed by atoms with Gasteiger partial charge in [-0.2, -0.15) is 11.8 Å². The molecule has 1 saturated heterocycles. The molecule has 0 radical (unpaired) electrons. The second kappa shape index (κ2) is 7.83. The van der Waals surface area contributed by atoms with E-state index in [-0.39, 0.29) is 18.0 Å². The van der Waals surface area contributed by atoms with Gasteiger partial charge in [0, 0.05) is 17.4 Å². The molecule has 146 valence electrons. The van der Waals surface area contributed by atoms with Crippen molar-refractivity contribution in [2.45, 2.75) is 44.1 Å². The van der Waals surface area contributed by atoms with Crippen molar-refractivity contribution < 1.29 is 13.9 Å². The van der Waals surface area contributed by atoms with Crippen LogP contribution in [0.5, 0.6) is 0 Å². The number of H-pyrrole nitrogens is 1. The van der Waals surface area contributed by atoms with Gasteiger partial charge >= 0.3 is 6.09 Å². The highest BCUT2D eigenvalue weighted by atomic mass is 79.9. The molecule has 0 unspecified atom stereocenters. The van der Waals surface area contributed by atoms with E-state index in [1.807, 2.05) is 33.1 Å². The maximum atomic E-state index is 13.8. The lowest BCUT2D eigenvalue weighted by atomic mass is 10.1. The molecule has 0 aliphatic carbocycles. The number of carbonyl (C=O) groups excluding carboxylic acids is 1. The number of nitrogens with zero attached hydrogens (tertiary/aromatic N) is 2. The van der Waals surface area contributed by atoms with Crippen molar-refractivity contribution in [3.63, 3.8) is 0 Å². The Bertz CT molecular complexity index is 837. The van der Waals surface area contributed by atoms with Crippen LogP contribution < -0.4 is 0 Å². The summed E-state index contributed by atoms with van der Waals surface area (Å²) in [4.78, 5) is 22.1. The largest absolute Gasteiger partial charge is 0.444 e. The summed E-state index contributed by atoms with van der Waals surface area (Å²) < 4.78 is 19.8. The second-order valence-corrected chi connectivity index (χ2v) is 9.55. The Morgan fingerprint density at radius 1 is 1.44 bits per heavy atom. The Kier molecular flexibility index (Phi) is 5.86. The van der Waals surface area contributed by atoms with Crippen LogP contribution in [-0.2, 0) is 4.74 Å². The molecule has 1 aliphatic heterocycles. The van der Waals surface area contributed by atoms with Crippen LogP contribution >= 0.6 is 27.7 Å². The van der Waals surface area contributed by atoms with Gasteiger partial charge in [-0.3, -0.25) is 4.90 Å². The SMILES string of the molecule is CS[C@H]1C[C@@H](c2ncc(-c3ccc(Br)c(F)c3)[nH]2)N(C(=O)OC(C)(C)C)C1. The smallest absolute Gasteiger partial charge is 0.410 e. The van der Waals surface area contributed by atoms with Gasteiger partial charge in [0.05, 0.1) is 22.4 Å². The lowest BCUT2D eigenvalue weighted by Gasteiger charge is -2.27. The first-order chi connectivity index (χ1) is 12.7. The molecule has 1 aromatic carbocycles. The van der Waals surface area contributed by atoms with E-state index >= 15 is 0 Å². The predicted octanol–water partition coefficient (Wildman–Crippen LogP) is 5.39. The fourth-order valence-corrected chi connectivity index (χ4v) is 4.00. The number of aromatic nitrogens is 2. The highest BCUT2D eigenvalue weighted by molar-refractivity contribution is 9.10. The molecule has 8 heteroatoms. The molecule has 0 bridgehead atoms. The maximum Gasteiger partial charge on any atom is 0.410 e. The van der Waals surface area contributed by atoms with Gasteiger partial charge in [-0.1, -0.05) is 6.07 Å². The van der Waals surface area contributed by atoms with Crippen molar-refractivity contribution >= 4 is 33.8 Å². The van der Waals surface area contributed by atoms with E-state index in [0.717, 1.165) is 6.42 Å². The van der Waals surface area contributed by atoms with Crippen molar-refractivity contribution in [2.24, 2.45) is 0 Å². The van der Waals surface area contributed by atoms with Crippen LogP contribution in [0.25, 0.3) is 11.3 Å². The minimum atomic E-state index is -0.553. The number of hydrogen-bond donors (Lipinski definition) is 1. The number of imidazole rings is 1. The number of carbonyl (C=O) groups is 1. The number of thioether (sulfide) groups is 1. The van der Waals surface area contributed by atoms with Crippen molar-refractivity contribution in [3.8, 4) is 11.3 Å². The average molecular weight is 456 g/mol. The topological polar surface area (TPSA) is 58.2 Å². The van der Waals surface area contributed by atoms with E-state index in [9.17, 15) is 9.18 Å². The van der Waals surface area contributed by atoms with Crippen LogP contribution in [0, 0.1) is 5.82 Å². The Hall–Kier alpha value is -1.54. The van der Waals surface area contributed by atoms with Crippen LogP contribution in [-0.4, -0.2) is 44.6 Å². The minimum Gasteiger partial charge on any atom is -0.444 e. The summed E-state index contributed by atoms with van der Waals surface area (Å²) in [6.45, 7) is 6.18. The Balaban J connectivity index is 1.85. The van der Waals surface area contributed by atoms with Crippen molar-refractivity contribution in [1.82, 2.24) is 14.9 Å². The summed E-state index contributed by atoms with van der Waals surface area (Å²) in [5.41, 5.74) is 0.869. The highest BCUT2D eigenvalue weighted by Gasteiger charge is 2.39. The third kappa shape index (κ3) is 4.66. The lowest BCUT2D eigenvalue weighted by molar-refractivity contribution is 0.0219. The lowest BCUT2D eigenvalue weighted by Crippen LogP contribution is -2.37. The van der Waals surface area contributed by atoms with Gasteiger partial charge in [-0.15, -0.1) is 0 Å². The summed E-state index contributed by atoms with van der Waals surface area (Å²) in [7, 11) is 0. The normalized spacial score (nSPS) is 20.1. The van der Waals surface area contributed by atoms with E-state index < -0.39 is 5.60 Å². The van der Waals surface area contributed by atoms with E-state index in [1.165, 1.54) is 6.07 Å². The highest BCUT2D eigenvalue weighted by Crippen LogP contribution is 2.37. The number of nitrogens with one attached hydrogen (secondary N) is 1. The molecule has 27 heavy (non-hydrogen) atoms. The molecular formula is C19H23BrFN3O2S. The van der Waals surface area contributed by atoms with E-state index in [4.69, 9.17) is 4.74 Å². The fourth-order valence-electron chi connectivity index (χ4n) is 3.07. The van der Waals surface area contributed by atoms with Gasteiger partial charge in [0.15, 0.2) is 0 Å². The Morgan fingerprint density at radius 2 is 2.19 bits per heavy atom. The van der Waals surface area contributed by atoms with Gasteiger partial charge in [-0.05, 0) is 61.5 Å². The van der Waals surface area contributed by atoms with E-state index in [0.29, 0.717) is 33.3 Å². The van der Waals surface area contributed by atoms with Gasteiger partial charge in [0.25, 0.3) is 0 Å². The second-order valence-electron chi connectivity index (χ2n) is 7.55. The number of hydrogen-bond acceptors (Lipinski definition) is 4. The van der Waals surface area contributed by atoms with Crippen LogP contribution in [0.4, 0.5) is 9.18 Å². The molecule has 1 aliphatic rings. The van der Waals surface area contributed by atoms with Gasteiger partial charge in [0.1, 0.15) is 17.2 Å². The first-order valence-corrected chi connectivity index (χ1v) is 10.8. The third-order valence-corrected chi connectivity index (χ3v) is 6.02. The third-order valence-electron chi connectivity index (χ3n) is 4.37. The fraction of sp³-hybridized carbons (Fsp3) is 0.474. The molecule has 1 fully saturated rings. The standard InChI is InChI=1S/C19H23BrFN3O2S/c1-19(2,3)26-18(25)24-10-12(27-4)8-16(24)17-22-9-15(23-17)11-5-6-13(20)14(21)7-11/h5-7,9,12,16H,8,10H2,1-4H3,(H,22,23)/t12-,16-/m0/s1. The summed E-state index contributed by atoms with van der Waals surface area (Å²) >= 11 is 4.89. The van der Waals surface area contributed by atoms with Gasteiger partial charge in [0.2, 0.25) is 0 Å². The van der Waals surface area contributed by atoms with Crippen LogP contribution in [0.2, 0.25) is 0 Å². The van der Waals surface area contributed by atoms with Crippen LogP contribution in [0.1, 0.15) is 39.1 Å². The van der Waals surface area contributed by atoms with Crippen LogP contribution in [0.15, 0.2) is 28.9 Å². The molecule has 0 saturated carbocycles. The molecule has 1 N–H and O–H groups in total. The van der Waals surface area contributed by atoms with Crippen molar-refractivity contribution in [2.75, 3.05) is 12.8 Å². The first-order valence-electron chi connectivity index (χ1n) is 8.70. The molecule has 2 aromatic rings. The van der Waals surface area contributed by atoms with Crippen molar-refractivity contribution in [3.05, 3.63) is 40.5 Å². The van der Waals surface area contributed by atoms with E-state index in [1.54, 1.807) is 28.9 Å². The van der Waals surface area contributed by atoms with E-state index in [2.05, 4.69) is 25.9 Å². The number of amides is 1. The molecule has 2 heterocycles. The number of aromatic amines is 1. The minimum absolute atomic E-state index is 0.189. The summed E-state index contributed by atoms with van der Waals surface area (Å²) in [6, 6.07) is 4.74. The Morgan fingerprint density at radius 3 is 2.81 bits per heavy atom. The first kappa shape index (κ1) is 20.2. The summed E-state index contributed by atoms with van der Waals surface area (Å²) in [5, 5.41) is 0.321. The number of rotatable bonds is 3. The monoisotopic (exact) mass is 455 g/mol. The number of benzene rings is 1. The summed E-state index contributed by atoms with van der Waals surface area (Å²) in [5.74, 6) is 0.359. The molecular weight excluding hydrogens is 433 g/mol. The number of halogens is 2. The number of ether oxygens (including phenoxy) is 1. The molecule has 2 atom stereocenters. The van der Waals surface area contributed by atoms with Crippen LogP contribution in [0.3, 0.4) is 0 Å². The maximum absolute atomic E-state index is 13.8. The quantitative estimate of drug-likeness (QED) is 0.673. The molecule has 0 spiro atoms. The molecule has 1 aromatic heterocycles. The molecule has 1 amide bonds. The zero-order valence-corrected chi connectivity index (χ0v) is 18.2. The zero-order chi connectivity index (χ0) is 19.8. The van der Waals surface area contributed by atoms with Gasteiger partial charge in [-0.25, -0.2) is 14.2 Å².